The van der Waals surface area contributed by atoms with E-state index in [1.807, 2.05) is 0 Å². The molecule has 2 N–H and O–H groups in total. The maximum atomic E-state index is 5.68. The number of anilines is 1. The van der Waals surface area contributed by atoms with Gasteiger partial charge in [-0.15, -0.1) is 0 Å². The normalized spacial score (nSPS) is 10.6. The van der Waals surface area contributed by atoms with Crippen molar-refractivity contribution in [3.63, 3.8) is 0 Å². The molecule has 0 spiro atoms. The van der Waals surface area contributed by atoms with Crippen LogP contribution in [-0.4, -0.2) is 14.4 Å². The van der Waals surface area contributed by atoms with E-state index in [4.69, 9.17) is 17.3 Å². The highest BCUT2D eigenvalue weighted by molar-refractivity contribution is 6.30. The first kappa shape index (κ1) is 6.42. The first-order chi connectivity index (χ1) is 5.27. The molecule has 0 aliphatic heterocycles. The molecular weight excluding hydrogens is 164 g/mol. The summed E-state index contributed by atoms with van der Waals surface area (Å²) in [6.07, 6.45) is 4.74. The summed E-state index contributed by atoms with van der Waals surface area (Å²) in [5, 5.41) is 0.544. The van der Waals surface area contributed by atoms with E-state index in [0.29, 0.717) is 16.6 Å². The third-order valence-electron chi connectivity index (χ3n) is 1.36. The number of nitrogens with zero attached hydrogens (tertiary/aromatic N) is 3. The Morgan fingerprint density at radius 3 is 2.91 bits per heavy atom. The predicted octanol–water partition coefficient (Wildman–Crippen LogP) is 0.965. The molecule has 4 nitrogen and oxygen atoms in total. The van der Waals surface area contributed by atoms with Gasteiger partial charge in [-0.2, -0.15) is 0 Å². The Labute approximate surface area is 67.6 Å². The Morgan fingerprint density at radius 2 is 2.09 bits per heavy atom. The van der Waals surface area contributed by atoms with E-state index in [-0.39, 0.29) is 0 Å². The number of hydrogen-bond donors (Lipinski definition) is 1. The summed E-state index contributed by atoms with van der Waals surface area (Å²) in [6, 6.07) is 0. The second-order valence-corrected chi connectivity index (χ2v) is 2.56. The van der Waals surface area contributed by atoms with Crippen molar-refractivity contribution < 1.29 is 0 Å². The molecule has 2 rings (SSSR count). The molecule has 0 fully saturated rings. The van der Waals surface area contributed by atoms with Crippen LogP contribution in [0.1, 0.15) is 0 Å². The average molecular weight is 169 g/mol. The molecule has 2 aromatic heterocycles. The van der Waals surface area contributed by atoms with Crippen molar-refractivity contribution in [2.45, 2.75) is 0 Å². The van der Waals surface area contributed by atoms with Crippen LogP contribution in [0.15, 0.2) is 18.6 Å². The van der Waals surface area contributed by atoms with E-state index in [1.54, 1.807) is 16.8 Å². The van der Waals surface area contributed by atoms with Crippen LogP contribution in [0.3, 0.4) is 0 Å². The van der Waals surface area contributed by atoms with E-state index in [9.17, 15) is 0 Å². The van der Waals surface area contributed by atoms with E-state index in [0.717, 1.165) is 0 Å². The Bertz CT molecular complexity index is 394. The van der Waals surface area contributed by atoms with Gasteiger partial charge in [-0.1, -0.05) is 11.6 Å². The monoisotopic (exact) mass is 168 g/mol. The van der Waals surface area contributed by atoms with E-state index in [2.05, 4.69) is 9.97 Å². The molecule has 0 aromatic carbocycles. The maximum absolute atomic E-state index is 5.68. The maximum Gasteiger partial charge on any atom is 0.235 e. The van der Waals surface area contributed by atoms with Gasteiger partial charge in [-0.05, 0) is 0 Å². The third kappa shape index (κ3) is 0.914. The molecule has 0 saturated heterocycles. The summed E-state index contributed by atoms with van der Waals surface area (Å²) in [5.74, 6) is 1.10. The smallest absolute Gasteiger partial charge is 0.235 e. The van der Waals surface area contributed by atoms with E-state index in [1.165, 1.54) is 6.20 Å². The summed E-state index contributed by atoms with van der Waals surface area (Å²) in [4.78, 5) is 7.87. The van der Waals surface area contributed by atoms with Crippen molar-refractivity contribution in [1.29, 1.82) is 0 Å². The number of nitrogen functional groups attached to an aromatic ring is 1. The van der Waals surface area contributed by atoms with Crippen LogP contribution in [0.25, 0.3) is 5.78 Å². The molecule has 2 aromatic rings. The molecule has 0 amide bonds. The van der Waals surface area contributed by atoms with Crippen molar-refractivity contribution >= 4 is 23.2 Å². The quantitative estimate of drug-likeness (QED) is 0.638. The number of imidazole rings is 1. The van der Waals surface area contributed by atoms with Gasteiger partial charge in [0.25, 0.3) is 0 Å². The number of fused-ring (bicyclic) bond motifs is 1. The van der Waals surface area contributed by atoms with Crippen LogP contribution in [0.4, 0.5) is 5.82 Å². The van der Waals surface area contributed by atoms with Crippen molar-refractivity contribution in [2.24, 2.45) is 0 Å². The number of nitrogens with two attached hydrogens (primary N) is 1. The summed E-state index contributed by atoms with van der Waals surface area (Å²) < 4.78 is 1.63. The summed E-state index contributed by atoms with van der Waals surface area (Å²) in [7, 11) is 0. The summed E-state index contributed by atoms with van der Waals surface area (Å²) >= 11 is 5.68. The zero-order valence-corrected chi connectivity index (χ0v) is 6.28. The molecule has 56 valence electrons. The molecule has 0 saturated carbocycles. The predicted molar refractivity (Wildman–Crippen MR) is 42.4 cm³/mol. The molecule has 0 atom stereocenters. The molecule has 2 heterocycles. The molecule has 0 bridgehead atoms. The number of hydrogen-bond acceptors (Lipinski definition) is 3. The lowest BCUT2D eigenvalue weighted by atomic mass is 10.6. The lowest BCUT2D eigenvalue weighted by molar-refractivity contribution is 1.12. The van der Waals surface area contributed by atoms with Gasteiger partial charge >= 0.3 is 0 Å². The van der Waals surface area contributed by atoms with Crippen LogP contribution < -0.4 is 5.73 Å². The second-order valence-electron chi connectivity index (χ2n) is 2.13. The van der Waals surface area contributed by atoms with Gasteiger partial charge in [0.05, 0.1) is 17.4 Å². The molecule has 0 aliphatic rings. The minimum Gasteiger partial charge on any atom is -0.383 e. The molecule has 11 heavy (non-hydrogen) atoms. The van der Waals surface area contributed by atoms with Gasteiger partial charge in [-0.3, -0.25) is 4.40 Å². The minimum atomic E-state index is 0.537. The van der Waals surface area contributed by atoms with Gasteiger partial charge in [0, 0.05) is 6.20 Å². The summed E-state index contributed by atoms with van der Waals surface area (Å²) in [5.41, 5.74) is 5.55. The third-order valence-corrected chi connectivity index (χ3v) is 1.56. The standard InChI is InChI=1S/C6H5ClN4/c7-4-1-9-6-10-2-5(8)11(6)3-4/h1-3H,8H2. The zero-order valence-electron chi connectivity index (χ0n) is 5.53. The Morgan fingerprint density at radius 1 is 1.36 bits per heavy atom. The second kappa shape index (κ2) is 2.10. The molecule has 0 radical (unpaired) electrons. The average Bonchev–Trinajstić information content (AvgIpc) is 2.33. The highest BCUT2D eigenvalue weighted by atomic mass is 35.5. The number of halogens is 1. The Balaban J connectivity index is 2.87. The van der Waals surface area contributed by atoms with Crippen LogP contribution in [0.5, 0.6) is 0 Å². The van der Waals surface area contributed by atoms with Gasteiger partial charge in [0.2, 0.25) is 5.78 Å². The van der Waals surface area contributed by atoms with Gasteiger partial charge in [-0.25, -0.2) is 9.97 Å². The number of rotatable bonds is 0. The van der Waals surface area contributed by atoms with Crippen LogP contribution in [-0.2, 0) is 0 Å². The SMILES string of the molecule is Nc1cnc2ncc(Cl)cn12. The van der Waals surface area contributed by atoms with Crippen LogP contribution >= 0.6 is 11.6 Å². The van der Waals surface area contributed by atoms with Gasteiger partial charge in [0.15, 0.2) is 0 Å². The van der Waals surface area contributed by atoms with Crippen LogP contribution in [0, 0.1) is 0 Å². The van der Waals surface area contributed by atoms with Gasteiger partial charge < -0.3 is 5.73 Å². The Hall–Kier alpha value is -1.29. The summed E-state index contributed by atoms with van der Waals surface area (Å²) in [6.45, 7) is 0. The van der Waals surface area contributed by atoms with Crippen molar-refractivity contribution in [1.82, 2.24) is 14.4 Å². The highest BCUT2D eigenvalue weighted by Crippen LogP contribution is 2.10. The highest BCUT2D eigenvalue weighted by Gasteiger charge is 1.99. The van der Waals surface area contributed by atoms with E-state index < -0.39 is 0 Å². The zero-order chi connectivity index (χ0) is 7.84. The molecule has 0 unspecified atom stereocenters. The van der Waals surface area contributed by atoms with E-state index >= 15 is 0 Å². The Kier molecular flexibility index (Phi) is 1.22. The fraction of sp³-hybridized carbons (Fsp3) is 0. The first-order valence-electron chi connectivity index (χ1n) is 3.01. The molecule has 0 aliphatic carbocycles. The lowest BCUT2D eigenvalue weighted by Gasteiger charge is -1.93. The topological polar surface area (TPSA) is 56.2 Å². The molecular formula is C6H5ClN4. The fourth-order valence-corrected chi connectivity index (χ4v) is 1.01. The van der Waals surface area contributed by atoms with Crippen molar-refractivity contribution in [2.75, 3.05) is 5.73 Å². The van der Waals surface area contributed by atoms with Crippen LogP contribution in [0.2, 0.25) is 5.02 Å². The largest absolute Gasteiger partial charge is 0.383 e. The number of aromatic nitrogens is 3. The fourth-order valence-electron chi connectivity index (χ4n) is 0.868. The first-order valence-corrected chi connectivity index (χ1v) is 3.39. The molecule has 5 heteroatoms. The van der Waals surface area contributed by atoms with Gasteiger partial charge in [0.1, 0.15) is 5.82 Å². The minimum absolute atomic E-state index is 0.537. The van der Waals surface area contributed by atoms with Crippen molar-refractivity contribution in [3.8, 4) is 0 Å². The lowest BCUT2D eigenvalue weighted by Crippen LogP contribution is -1.93. The van der Waals surface area contributed by atoms with Crippen molar-refractivity contribution in [3.05, 3.63) is 23.6 Å².